The first kappa shape index (κ1) is 12.4. The quantitative estimate of drug-likeness (QED) is 0.803. The Morgan fingerprint density at radius 2 is 2.33 bits per heavy atom. The number of carbonyl (C=O) groups is 1. The molecular formula is C12H17N3OS2. The lowest BCUT2D eigenvalue weighted by molar-refractivity contribution is -0.117. The van der Waals surface area contributed by atoms with Crippen LogP contribution in [0.15, 0.2) is 0 Å². The lowest BCUT2D eigenvalue weighted by Crippen LogP contribution is -2.27. The number of nitrogens with two attached hydrogens (primary N) is 1. The fourth-order valence-electron chi connectivity index (χ4n) is 2.59. The highest BCUT2D eigenvalue weighted by Crippen LogP contribution is 2.34. The molecule has 3 rings (SSSR count). The van der Waals surface area contributed by atoms with E-state index >= 15 is 0 Å². The Bertz CT molecular complexity index is 474. The molecule has 2 N–H and O–H groups in total. The standard InChI is InChI=1S/C12H17N3OS2/c13-8-1-2-9-10(4-8)18-12(14-9)15-5-7(6-17)3-11(15)16/h7-8,17H,1-6,13H2/t7?,8-/m0/s1. The van der Waals surface area contributed by atoms with E-state index in [1.807, 2.05) is 4.90 Å². The summed E-state index contributed by atoms with van der Waals surface area (Å²) in [7, 11) is 0. The second kappa shape index (κ2) is 4.83. The molecule has 2 heterocycles. The summed E-state index contributed by atoms with van der Waals surface area (Å²) in [5.41, 5.74) is 7.12. The van der Waals surface area contributed by atoms with Gasteiger partial charge in [0.05, 0.1) is 5.69 Å². The number of thiol groups is 1. The molecule has 2 atom stereocenters. The van der Waals surface area contributed by atoms with Gasteiger partial charge in [-0.1, -0.05) is 0 Å². The van der Waals surface area contributed by atoms with E-state index in [-0.39, 0.29) is 11.9 Å². The normalized spacial score (nSPS) is 27.7. The minimum Gasteiger partial charge on any atom is -0.327 e. The third kappa shape index (κ3) is 2.17. The van der Waals surface area contributed by atoms with Gasteiger partial charge in [0, 0.05) is 23.9 Å². The van der Waals surface area contributed by atoms with E-state index in [1.54, 1.807) is 11.3 Å². The molecule has 0 saturated carbocycles. The zero-order chi connectivity index (χ0) is 12.7. The van der Waals surface area contributed by atoms with Crippen molar-refractivity contribution in [2.24, 2.45) is 11.7 Å². The fraction of sp³-hybridized carbons (Fsp3) is 0.667. The number of aryl methyl sites for hydroxylation is 1. The van der Waals surface area contributed by atoms with Gasteiger partial charge >= 0.3 is 0 Å². The van der Waals surface area contributed by atoms with E-state index in [1.165, 1.54) is 4.88 Å². The number of aromatic nitrogens is 1. The first-order valence-electron chi connectivity index (χ1n) is 6.32. The van der Waals surface area contributed by atoms with Crippen LogP contribution in [0.25, 0.3) is 0 Å². The lowest BCUT2D eigenvalue weighted by atomic mass is 9.99. The Morgan fingerprint density at radius 1 is 1.50 bits per heavy atom. The van der Waals surface area contributed by atoms with E-state index in [2.05, 4.69) is 17.6 Å². The van der Waals surface area contributed by atoms with Crippen LogP contribution in [-0.2, 0) is 17.6 Å². The second-order valence-electron chi connectivity index (χ2n) is 5.13. The Morgan fingerprint density at radius 3 is 3.06 bits per heavy atom. The number of fused-ring (bicyclic) bond motifs is 1. The SMILES string of the molecule is N[C@H]1CCc2nc(N3CC(CS)CC3=O)sc2C1. The number of carbonyl (C=O) groups excluding carboxylic acids is 1. The van der Waals surface area contributed by atoms with Crippen LogP contribution in [0.2, 0.25) is 0 Å². The van der Waals surface area contributed by atoms with Gasteiger partial charge in [-0.15, -0.1) is 11.3 Å². The number of anilines is 1. The molecule has 1 unspecified atom stereocenters. The zero-order valence-electron chi connectivity index (χ0n) is 10.1. The molecule has 2 aliphatic rings. The molecule has 98 valence electrons. The third-order valence-corrected chi connectivity index (χ3v) is 5.32. The largest absolute Gasteiger partial charge is 0.327 e. The predicted octanol–water partition coefficient (Wildman–Crippen LogP) is 1.24. The summed E-state index contributed by atoms with van der Waals surface area (Å²) in [5, 5.41) is 0.864. The van der Waals surface area contributed by atoms with Crippen molar-refractivity contribution in [2.75, 3.05) is 17.2 Å². The molecular weight excluding hydrogens is 266 g/mol. The fourth-order valence-corrected chi connectivity index (χ4v) is 4.06. The van der Waals surface area contributed by atoms with Crippen LogP contribution in [-0.4, -0.2) is 29.2 Å². The van der Waals surface area contributed by atoms with Gasteiger partial charge in [-0.05, 0) is 30.9 Å². The highest BCUT2D eigenvalue weighted by Gasteiger charge is 2.32. The third-order valence-electron chi connectivity index (χ3n) is 3.66. The molecule has 4 nitrogen and oxygen atoms in total. The summed E-state index contributed by atoms with van der Waals surface area (Å²) < 4.78 is 0. The van der Waals surface area contributed by atoms with Crippen LogP contribution in [0, 0.1) is 5.92 Å². The Kier molecular flexibility index (Phi) is 3.34. The molecule has 1 aliphatic carbocycles. The summed E-state index contributed by atoms with van der Waals surface area (Å²) in [6, 6.07) is 0.255. The van der Waals surface area contributed by atoms with Crippen LogP contribution in [0.5, 0.6) is 0 Å². The number of thiazole rings is 1. The van der Waals surface area contributed by atoms with E-state index in [9.17, 15) is 4.79 Å². The monoisotopic (exact) mass is 283 g/mol. The zero-order valence-corrected chi connectivity index (χ0v) is 11.8. The molecule has 6 heteroatoms. The van der Waals surface area contributed by atoms with Crippen molar-refractivity contribution in [2.45, 2.75) is 31.7 Å². The summed E-state index contributed by atoms with van der Waals surface area (Å²) in [4.78, 5) is 19.7. The van der Waals surface area contributed by atoms with Gasteiger partial charge in [-0.3, -0.25) is 9.69 Å². The van der Waals surface area contributed by atoms with Gasteiger partial charge in [-0.25, -0.2) is 4.98 Å². The number of rotatable bonds is 2. The molecule has 1 fully saturated rings. The van der Waals surface area contributed by atoms with E-state index < -0.39 is 0 Å². The average molecular weight is 283 g/mol. The van der Waals surface area contributed by atoms with Crippen molar-refractivity contribution >= 4 is 35.0 Å². The molecule has 1 saturated heterocycles. The van der Waals surface area contributed by atoms with Crippen LogP contribution in [0.4, 0.5) is 5.13 Å². The van der Waals surface area contributed by atoms with E-state index in [4.69, 9.17) is 5.73 Å². The van der Waals surface area contributed by atoms with Crippen LogP contribution >= 0.6 is 24.0 Å². The minimum atomic E-state index is 0.185. The maximum absolute atomic E-state index is 12.0. The van der Waals surface area contributed by atoms with Crippen molar-refractivity contribution < 1.29 is 4.79 Å². The summed E-state index contributed by atoms with van der Waals surface area (Å²) in [5.74, 6) is 1.31. The predicted molar refractivity (Wildman–Crippen MR) is 76.4 cm³/mol. The average Bonchev–Trinajstić information content (AvgIpc) is 2.91. The maximum Gasteiger partial charge on any atom is 0.229 e. The van der Waals surface area contributed by atoms with E-state index in [0.29, 0.717) is 12.3 Å². The van der Waals surface area contributed by atoms with Crippen molar-refractivity contribution in [3.8, 4) is 0 Å². The highest BCUT2D eigenvalue weighted by atomic mass is 32.1. The van der Waals surface area contributed by atoms with Gasteiger partial charge in [0.2, 0.25) is 5.91 Å². The Balaban J connectivity index is 1.83. The molecule has 0 spiro atoms. The molecule has 18 heavy (non-hydrogen) atoms. The number of amides is 1. The Hall–Kier alpha value is -0.590. The topological polar surface area (TPSA) is 59.2 Å². The molecule has 0 aromatic carbocycles. The maximum atomic E-state index is 12.0. The molecule has 1 aromatic rings. The number of hydrogen-bond acceptors (Lipinski definition) is 5. The van der Waals surface area contributed by atoms with Gasteiger partial charge in [0.1, 0.15) is 0 Å². The first-order chi connectivity index (χ1) is 8.67. The molecule has 0 bridgehead atoms. The summed E-state index contributed by atoms with van der Waals surface area (Å²) >= 11 is 5.92. The molecule has 0 radical (unpaired) electrons. The lowest BCUT2D eigenvalue weighted by Gasteiger charge is -2.15. The van der Waals surface area contributed by atoms with Gasteiger partial charge in [0.15, 0.2) is 5.13 Å². The minimum absolute atomic E-state index is 0.185. The van der Waals surface area contributed by atoms with Crippen molar-refractivity contribution in [1.29, 1.82) is 0 Å². The second-order valence-corrected chi connectivity index (χ2v) is 6.55. The van der Waals surface area contributed by atoms with Crippen LogP contribution in [0.3, 0.4) is 0 Å². The van der Waals surface area contributed by atoms with E-state index in [0.717, 1.165) is 42.4 Å². The van der Waals surface area contributed by atoms with Gasteiger partial charge in [-0.2, -0.15) is 12.6 Å². The molecule has 1 amide bonds. The first-order valence-corrected chi connectivity index (χ1v) is 7.77. The van der Waals surface area contributed by atoms with Crippen molar-refractivity contribution in [3.63, 3.8) is 0 Å². The Labute approximate surface area is 116 Å². The van der Waals surface area contributed by atoms with Crippen molar-refractivity contribution in [1.82, 2.24) is 4.98 Å². The number of nitrogens with zero attached hydrogens (tertiary/aromatic N) is 2. The van der Waals surface area contributed by atoms with Crippen LogP contribution in [0.1, 0.15) is 23.4 Å². The van der Waals surface area contributed by atoms with Crippen LogP contribution < -0.4 is 10.6 Å². The van der Waals surface area contributed by atoms with Gasteiger partial charge < -0.3 is 5.73 Å². The smallest absolute Gasteiger partial charge is 0.229 e. The molecule has 1 aromatic heterocycles. The van der Waals surface area contributed by atoms with Gasteiger partial charge in [0.25, 0.3) is 0 Å². The number of hydrogen-bond donors (Lipinski definition) is 2. The highest BCUT2D eigenvalue weighted by molar-refractivity contribution is 7.80. The summed E-state index contributed by atoms with van der Waals surface area (Å²) in [6.07, 6.45) is 3.46. The van der Waals surface area contributed by atoms with Crippen molar-refractivity contribution in [3.05, 3.63) is 10.6 Å². The molecule has 1 aliphatic heterocycles. The summed E-state index contributed by atoms with van der Waals surface area (Å²) in [6.45, 7) is 0.765.